The van der Waals surface area contributed by atoms with E-state index < -0.39 is 10.0 Å². The van der Waals surface area contributed by atoms with E-state index >= 15 is 0 Å². The molecule has 0 saturated heterocycles. The number of hydrogen-bond donors (Lipinski definition) is 2. The first-order valence-electron chi connectivity index (χ1n) is 8.65. The van der Waals surface area contributed by atoms with Crippen LogP contribution in [0.2, 0.25) is 0 Å². The number of thiophene rings is 1. The molecule has 4 aromatic rings. The van der Waals surface area contributed by atoms with Gasteiger partial charge in [0.15, 0.2) is 0 Å². The lowest BCUT2D eigenvalue weighted by molar-refractivity contribution is 0.415. The van der Waals surface area contributed by atoms with Gasteiger partial charge in [0.05, 0.1) is 17.4 Å². The third-order valence-corrected chi connectivity index (χ3v) is 6.19. The number of fused-ring (bicyclic) bond motifs is 1. The Morgan fingerprint density at radius 1 is 1.03 bits per heavy atom. The highest BCUT2D eigenvalue weighted by Crippen LogP contribution is 2.38. The van der Waals surface area contributed by atoms with E-state index in [1.807, 2.05) is 31.2 Å². The molecule has 7 nitrogen and oxygen atoms in total. The monoisotopic (exact) mass is 426 g/mol. The number of ether oxygens (including phenoxy) is 1. The van der Waals surface area contributed by atoms with Gasteiger partial charge in [0, 0.05) is 16.6 Å². The minimum Gasteiger partial charge on any atom is -0.497 e. The molecule has 2 aromatic carbocycles. The second-order valence-electron chi connectivity index (χ2n) is 6.37. The first-order chi connectivity index (χ1) is 13.8. The van der Waals surface area contributed by atoms with Crippen LogP contribution in [0.25, 0.3) is 21.3 Å². The van der Waals surface area contributed by atoms with Crippen LogP contribution in [-0.4, -0.2) is 25.5 Å². The Morgan fingerprint density at radius 3 is 2.34 bits per heavy atom. The summed E-state index contributed by atoms with van der Waals surface area (Å²) in [7, 11) is -2.10. The molecule has 0 saturated carbocycles. The standard InChI is InChI=1S/C20H18N4O3S2/c1-12-22-19(24-14-5-9-16(10-6-14)29(21,25)26)18-17(11-28-20(18)23-12)13-3-7-15(27-2)8-4-13/h3-11H,1-2H3,(H2,21,25,26)(H,22,23,24). The highest BCUT2D eigenvalue weighted by molar-refractivity contribution is 7.89. The van der Waals surface area contributed by atoms with Crippen molar-refractivity contribution >= 4 is 43.1 Å². The SMILES string of the molecule is COc1ccc(-c2csc3nc(C)nc(Nc4ccc(S(N)(=O)=O)cc4)c23)cc1. The van der Waals surface area contributed by atoms with Gasteiger partial charge in [-0.25, -0.2) is 23.5 Å². The van der Waals surface area contributed by atoms with Gasteiger partial charge in [-0.2, -0.15) is 0 Å². The van der Waals surface area contributed by atoms with E-state index in [0.717, 1.165) is 27.1 Å². The number of rotatable bonds is 5. The van der Waals surface area contributed by atoms with Crippen LogP contribution in [0.1, 0.15) is 5.82 Å². The zero-order chi connectivity index (χ0) is 20.6. The number of nitrogens with zero attached hydrogens (tertiary/aromatic N) is 2. The maximum atomic E-state index is 11.5. The van der Waals surface area contributed by atoms with Crippen LogP contribution in [-0.2, 0) is 10.0 Å². The highest BCUT2D eigenvalue weighted by Gasteiger charge is 2.15. The summed E-state index contributed by atoms with van der Waals surface area (Å²) >= 11 is 1.55. The molecule has 0 bridgehead atoms. The topological polar surface area (TPSA) is 107 Å². The second-order valence-corrected chi connectivity index (χ2v) is 8.79. The van der Waals surface area contributed by atoms with Gasteiger partial charge in [0.1, 0.15) is 22.2 Å². The zero-order valence-electron chi connectivity index (χ0n) is 15.7. The Hall–Kier alpha value is -3.01. The third-order valence-electron chi connectivity index (χ3n) is 4.39. The van der Waals surface area contributed by atoms with E-state index in [9.17, 15) is 8.42 Å². The summed E-state index contributed by atoms with van der Waals surface area (Å²) in [5.41, 5.74) is 2.73. The summed E-state index contributed by atoms with van der Waals surface area (Å²) < 4.78 is 28.2. The smallest absolute Gasteiger partial charge is 0.238 e. The minimum absolute atomic E-state index is 0.0570. The number of anilines is 2. The van der Waals surface area contributed by atoms with Gasteiger partial charge in [-0.15, -0.1) is 11.3 Å². The summed E-state index contributed by atoms with van der Waals surface area (Å²) in [5.74, 6) is 2.08. The second kappa shape index (κ2) is 7.43. The average molecular weight is 427 g/mol. The van der Waals surface area contributed by atoms with Gasteiger partial charge in [0.2, 0.25) is 10.0 Å². The fraction of sp³-hybridized carbons (Fsp3) is 0.100. The van der Waals surface area contributed by atoms with E-state index in [2.05, 4.69) is 20.7 Å². The lowest BCUT2D eigenvalue weighted by Gasteiger charge is -2.10. The molecule has 0 aliphatic rings. The largest absolute Gasteiger partial charge is 0.497 e. The molecule has 9 heteroatoms. The van der Waals surface area contributed by atoms with Gasteiger partial charge in [-0.1, -0.05) is 12.1 Å². The van der Waals surface area contributed by atoms with Crippen molar-refractivity contribution in [2.75, 3.05) is 12.4 Å². The Kier molecular flexibility index (Phi) is 4.95. The Morgan fingerprint density at radius 2 is 1.72 bits per heavy atom. The first-order valence-corrected chi connectivity index (χ1v) is 11.1. The minimum atomic E-state index is -3.74. The number of aryl methyl sites for hydroxylation is 1. The maximum Gasteiger partial charge on any atom is 0.238 e. The van der Waals surface area contributed by atoms with E-state index in [1.165, 1.54) is 12.1 Å². The first kappa shape index (κ1) is 19.3. The molecule has 29 heavy (non-hydrogen) atoms. The predicted molar refractivity (Wildman–Crippen MR) is 115 cm³/mol. The van der Waals surface area contributed by atoms with E-state index in [-0.39, 0.29) is 4.90 Å². The molecule has 0 radical (unpaired) electrons. The lowest BCUT2D eigenvalue weighted by atomic mass is 10.1. The average Bonchev–Trinajstić information content (AvgIpc) is 3.11. The molecule has 2 aromatic heterocycles. The number of sulfonamides is 1. The van der Waals surface area contributed by atoms with Gasteiger partial charge in [-0.3, -0.25) is 0 Å². The van der Waals surface area contributed by atoms with Crippen molar-refractivity contribution in [3.63, 3.8) is 0 Å². The molecule has 148 valence electrons. The molecule has 0 atom stereocenters. The molecule has 0 fully saturated rings. The van der Waals surface area contributed by atoms with Crippen molar-refractivity contribution < 1.29 is 13.2 Å². The van der Waals surface area contributed by atoms with E-state index in [4.69, 9.17) is 9.88 Å². The van der Waals surface area contributed by atoms with Crippen LogP contribution in [0.4, 0.5) is 11.5 Å². The number of benzene rings is 2. The van der Waals surface area contributed by atoms with Crippen molar-refractivity contribution in [1.82, 2.24) is 9.97 Å². The summed E-state index contributed by atoms with van der Waals surface area (Å²) in [6.45, 7) is 1.83. The van der Waals surface area contributed by atoms with Crippen LogP contribution in [0.5, 0.6) is 5.75 Å². The normalized spacial score (nSPS) is 11.6. The van der Waals surface area contributed by atoms with Crippen molar-refractivity contribution in [2.45, 2.75) is 11.8 Å². The molecule has 0 unspecified atom stereocenters. The van der Waals surface area contributed by atoms with Gasteiger partial charge in [-0.05, 0) is 48.9 Å². The molecule has 0 amide bonds. The van der Waals surface area contributed by atoms with Gasteiger partial charge < -0.3 is 10.1 Å². The highest BCUT2D eigenvalue weighted by atomic mass is 32.2. The quantitative estimate of drug-likeness (QED) is 0.498. The van der Waals surface area contributed by atoms with Crippen LogP contribution in [0.3, 0.4) is 0 Å². The Labute approximate surface area is 172 Å². The number of methoxy groups -OCH3 is 1. The zero-order valence-corrected chi connectivity index (χ0v) is 17.3. The number of aromatic nitrogens is 2. The molecule has 0 spiro atoms. The fourth-order valence-electron chi connectivity index (χ4n) is 2.99. The van der Waals surface area contributed by atoms with Crippen molar-refractivity contribution in [3.8, 4) is 16.9 Å². The lowest BCUT2D eigenvalue weighted by Crippen LogP contribution is -2.11. The predicted octanol–water partition coefficient (Wildman–Crippen LogP) is 4.07. The molecule has 0 aliphatic carbocycles. The molecular formula is C20H18N4O3S2. The van der Waals surface area contributed by atoms with Crippen LogP contribution in [0, 0.1) is 6.92 Å². The summed E-state index contributed by atoms with van der Waals surface area (Å²) in [4.78, 5) is 10.1. The summed E-state index contributed by atoms with van der Waals surface area (Å²) in [6, 6.07) is 14.0. The van der Waals surface area contributed by atoms with E-state index in [0.29, 0.717) is 17.3 Å². The van der Waals surface area contributed by atoms with Crippen molar-refractivity contribution in [3.05, 3.63) is 59.7 Å². The number of nitrogens with one attached hydrogen (secondary N) is 1. The van der Waals surface area contributed by atoms with Crippen LogP contribution >= 0.6 is 11.3 Å². The number of nitrogens with two attached hydrogens (primary N) is 1. The fourth-order valence-corrected chi connectivity index (χ4v) is 4.49. The van der Waals surface area contributed by atoms with Crippen molar-refractivity contribution in [2.24, 2.45) is 5.14 Å². The summed E-state index contributed by atoms with van der Waals surface area (Å²) in [5, 5.41) is 11.4. The third kappa shape index (κ3) is 3.93. The van der Waals surface area contributed by atoms with Crippen LogP contribution in [0.15, 0.2) is 58.8 Å². The van der Waals surface area contributed by atoms with E-state index in [1.54, 1.807) is 30.6 Å². The molecule has 4 rings (SSSR count). The number of hydrogen-bond acceptors (Lipinski definition) is 7. The maximum absolute atomic E-state index is 11.5. The van der Waals surface area contributed by atoms with Crippen LogP contribution < -0.4 is 15.2 Å². The molecule has 0 aliphatic heterocycles. The summed E-state index contributed by atoms with van der Waals surface area (Å²) in [6.07, 6.45) is 0. The van der Waals surface area contributed by atoms with Gasteiger partial charge >= 0.3 is 0 Å². The Balaban J connectivity index is 1.78. The molecule has 3 N–H and O–H groups in total. The number of primary sulfonamides is 1. The molecular weight excluding hydrogens is 408 g/mol. The van der Waals surface area contributed by atoms with Gasteiger partial charge in [0.25, 0.3) is 0 Å². The Bertz CT molecular complexity index is 1280. The molecule has 2 heterocycles. The van der Waals surface area contributed by atoms with Crippen molar-refractivity contribution in [1.29, 1.82) is 0 Å².